The number of fused-ring (bicyclic) bond motifs is 1. The molecule has 22 heavy (non-hydrogen) atoms. The molecule has 0 bridgehead atoms. The fraction of sp³-hybridized carbons (Fsp3) is 0.312. The second kappa shape index (κ2) is 6.27. The Morgan fingerprint density at radius 1 is 1.14 bits per heavy atom. The number of aromatic nitrogens is 3. The van der Waals surface area contributed by atoms with Crippen LogP contribution in [0.4, 0.5) is 5.13 Å². The van der Waals surface area contributed by atoms with Crippen molar-refractivity contribution in [2.24, 2.45) is 0 Å². The van der Waals surface area contributed by atoms with E-state index in [-0.39, 0.29) is 0 Å². The highest BCUT2D eigenvalue weighted by Crippen LogP contribution is 2.31. The second-order valence-electron chi connectivity index (χ2n) is 5.14. The van der Waals surface area contributed by atoms with Crippen LogP contribution in [0.5, 0.6) is 5.88 Å². The van der Waals surface area contributed by atoms with E-state index in [0.717, 1.165) is 21.9 Å². The minimum Gasteiger partial charge on any atom is -0.476 e. The van der Waals surface area contributed by atoms with Gasteiger partial charge in [-0.25, -0.2) is 15.0 Å². The molecule has 0 aliphatic carbocycles. The Bertz CT molecular complexity index is 785. The van der Waals surface area contributed by atoms with Crippen LogP contribution in [0.1, 0.15) is 20.8 Å². The fourth-order valence-corrected chi connectivity index (χ4v) is 2.93. The van der Waals surface area contributed by atoms with E-state index in [4.69, 9.17) is 4.74 Å². The molecule has 114 valence electrons. The number of nitrogens with one attached hydrogen (secondary N) is 1. The molecule has 6 heteroatoms. The van der Waals surface area contributed by atoms with Gasteiger partial charge in [0.2, 0.25) is 5.88 Å². The molecule has 0 radical (unpaired) electrons. The standard InChI is InChI=1S/C16H18N4OS/c1-4-21-15-14(13-9-22-16(20-13)17-10(2)3)18-11-7-5-6-8-12(11)19-15/h5-10H,4H2,1-3H3,(H,17,20). The lowest BCUT2D eigenvalue weighted by Crippen LogP contribution is -2.09. The maximum Gasteiger partial charge on any atom is 0.242 e. The zero-order valence-electron chi connectivity index (χ0n) is 12.8. The third-order valence-electron chi connectivity index (χ3n) is 2.98. The Hall–Kier alpha value is -2.21. The molecule has 1 aromatic carbocycles. The van der Waals surface area contributed by atoms with Gasteiger partial charge in [0.25, 0.3) is 0 Å². The summed E-state index contributed by atoms with van der Waals surface area (Å²) in [7, 11) is 0. The Morgan fingerprint density at radius 2 is 1.86 bits per heavy atom. The van der Waals surface area contributed by atoms with E-state index in [1.54, 1.807) is 11.3 Å². The summed E-state index contributed by atoms with van der Waals surface area (Å²) in [5.74, 6) is 0.530. The van der Waals surface area contributed by atoms with Gasteiger partial charge in [-0.2, -0.15) is 0 Å². The molecule has 0 amide bonds. The van der Waals surface area contributed by atoms with Crippen molar-refractivity contribution < 1.29 is 4.74 Å². The number of para-hydroxylation sites is 2. The number of hydrogen-bond donors (Lipinski definition) is 1. The van der Waals surface area contributed by atoms with Gasteiger partial charge in [0.05, 0.1) is 17.6 Å². The maximum absolute atomic E-state index is 5.66. The summed E-state index contributed by atoms with van der Waals surface area (Å²) >= 11 is 1.56. The minimum absolute atomic E-state index is 0.341. The topological polar surface area (TPSA) is 59.9 Å². The molecule has 2 heterocycles. The molecular formula is C16H18N4OS. The number of hydrogen-bond acceptors (Lipinski definition) is 6. The van der Waals surface area contributed by atoms with Crippen LogP contribution in [-0.4, -0.2) is 27.6 Å². The van der Waals surface area contributed by atoms with Crippen molar-refractivity contribution in [3.8, 4) is 17.3 Å². The van der Waals surface area contributed by atoms with Gasteiger partial charge in [0, 0.05) is 11.4 Å². The van der Waals surface area contributed by atoms with Gasteiger partial charge in [-0.1, -0.05) is 12.1 Å². The van der Waals surface area contributed by atoms with Gasteiger partial charge in [-0.15, -0.1) is 11.3 Å². The first-order valence-corrected chi connectivity index (χ1v) is 8.17. The molecular weight excluding hydrogens is 296 g/mol. The lowest BCUT2D eigenvalue weighted by molar-refractivity contribution is 0.328. The van der Waals surface area contributed by atoms with Crippen LogP contribution in [0.3, 0.4) is 0 Å². The number of benzene rings is 1. The van der Waals surface area contributed by atoms with Crippen molar-refractivity contribution in [3.63, 3.8) is 0 Å². The molecule has 0 fully saturated rings. The molecule has 1 N–H and O–H groups in total. The van der Waals surface area contributed by atoms with Gasteiger partial charge in [-0.05, 0) is 32.9 Å². The summed E-state index contributed by atoms with van der Waals surface area (Å²) in [4.78, 5) is 13.9. The van der Waals surface area contributed by atoms with E-state index in [1.165, 1.54) is 0 Å². The Balaban J connectivity index is 2.07. The first kappa shape index (κ1) is 14.7. The van der Waals surface area contributed by atoms with Gasteiger partial charge in [-0.3, -0.25) is 0 Å². The molecule has 3 rings (SSSR count). The number of thiazole rings is 1. The maximum atomic E-state index is 5.66. The molecule has 3 aromatic rings. The normalized spacial score (nSPS) is 11.1. The lowest BCUT2D eigenvalue weighted by atomic mass is 10.2. The highest BCUT2D eigenvalue weighted by Gasteiger charge is 2.15. The van der Waals surface area contributed by atoms with Crippen LogP contribution in [0.2, 0.25) is 0 Å². The number of ether oxygens (including phenoxy) is 1. The predicted molar refractivity (Wildman–Crippen MR) is 90.6 cm³/mol. The summed E-state index contributed by atoms with van der Waals surface area (Å²) in [6, 6.07) is 8.12. The number of nitrogens with zero attached hydrogens (tertiary/aromatic N) is 3. The SMILES string of the molecule is CCOc1nc2ccccc2nc1-c1csc(NC(C)C)n1. The first-order valence-electron chi connectivity index (χ1n) is 7.29. The van der Waals surface area contributed by atoms with E-state index in [0.29, 0.717) is 24.2 Å². The average Bonchev–Trinajstić information content (AvgIpc) is 2.94. The van der Waals surface area contributed by atoms with Crippen LogP contribution in [0, 0.1) is 0 Å². The molecule has 0 saturated carbocycles. The van der Waals surface area contributed by atoms with Gasteiger partial charge < -0.3 is 10.1 Å². The molecule has 0 atom stereocenters. The quantitative estimate of drug-likeness (QED) is 0.772. The highest BCUT2D eigenvalue weighted by atomic mass is 32.1. The fourth-order valence-electron chi connectivity index (χ4n) is 2.08. The summed E-state index contributed by atoms with van der Waals surface area (Å²) in [5, 5.41) is 6.16. The Morgan fingerprint density at radius 3 is 2.55 bits per heavy atom. The van der Waals surface area contributed by atoms with Crippen LogP contribution < -0.4 is 10.1 Å². The predicted octanol–water partition coefficient (Wildman–Crippen LogP) is 3.97. The molecule has 0 unspecified atom stereocenters. The van der Waals surface area contributed by atoms with Gasteiger partial charge in [0.15, 0.2) is 10.8 Å². The minimum atomic E-state index is 0.341. The third kappa shape index (κ3) is 3.01. The van der Waals surface area contributed by atoms with E-state index in [9.17, 15) is 0 Å². The van der Waals surface area contributed by atoms with E-state index >= 15 is 0 Å². The Labute approximate surface area is 133 Å². The molecule has 0 spiro atoms. The van der Waals surface area contributed by atoms with Crippen molar-refractivity contribution in [2.45, 2.75) is 26.8 Å². The van der Waals surface area contributed by atoms with Crippen molar-refractivity contribution in [3.05, 3.63) is 29.6 Å². The summed E-state index contributed by atoms with van der Waals surface area (Å²) in [6.45, 7) is 6.65. The first-order chi connectivity index (χ1) is 10.7. The molecule has 0 aliphatic rings. The summed E-state index contributed by atoms with van der Waals surface area (Å²) in [6.07, 6.45) is 0. The largest absolute Gasteiger partial charge is 0.476 e. The zero-order chi connectivity index (χ0) is 15.5. The zero-order valence-corrected chi connectivity index (χ0v) is 13.6. The average molecular weight is 314 g/mol. The van der Waals surface area contributed by atoms with Gasteiger partial charge >= 0.3 is 0 Å². The molecule has 0 aliphatic heterocycles. The van der Waals surface area contributed by atoms with Crippen molar-refractivity contribution >= 4 is 27.5 Å². The van der Waals surface area contributed by atoms with Crippen LogP contribution in [0.25, 0.3) is 22.4 Å². The van der Waals surface area contributed by atoms with Crippen LogP contribution in [-0.2, 0) is 0 Å². The van der Waals surface area contributed by atoms with E-state index in [2.05, 4.69) is 34.1 Å². The van der Waals surface area contributed by atoms with E-state index in [1.807, 2.05) is 36.6 Å². The van der Waals surface area contributed by atoms with Crippen molar-refractivity contribution in [1.82, 2.24) is 15.0 Å². The summed E-state index contributed by atoms with van der Waals surface area (Å²) < 4.78 is 5.66. The smallest absolute Gasteiger partial charge is 0.242 e. The number of anilines is 1. The Kier molecular flexibility index (Phi) is 4.20. The number of rotatable bonds is 5. The third-order valence-corrected chi connectivity index (χ3v) is 3.75. The van der Waals surface area contributed by atoms with Crippen LogP contribution >= 0.6 is 11.3 Å². The lowest BCUT2D eigenvalue weighted by Gasteiger charge is -2.08. The van der Waals surface area contributed by atoms with Gasteiger partial charge in [0.1, 0.15) is 5.69 Å². The second-order valence-corrected chi connectivity index (χ2v) is 5.99. The highest BCUT2D eigenvalue weighted by molar-refractivity contribution is 7.14. The molecule has 2 aromatic heterocycles. The van der Waals surface area contributed by atoms with E-state index < -0.39 is 0 Å². The molecule has 5 nitrogen and oxygen atoms in total. The summed E-state index contributed by atoms with van der Waals surface area (Å²) in [5.41, 5.74) is 3.14. The van der Waals surface area contributed by atoms with Crippen LogP contribution in [0.15, 0.2) is 29.6 Å². The van der Waals surface area contributed by atoms with Crippen molar-refractivity contribution in [2.75, 3.05) is 11.9 Å². The van der Waals surface area contributed by atoms with Crippen molar-refractivity contribution in [1.29, 1.82) is 0 Å². The molecule has 0 saturated heterocycles. The monoisotopic (exact) mass is 314 g/mol.